The van der Waals surface area contributed by atoms with Crippen molar-refractivity contribution in [1.29, 1.82) is 5.26 Å². The summed E-state index contributed by atoms with van der Waals surface area (Å²) in [7, 11) is 7.54. The third kappa shape index (κ3) is 4.33. The summed E-state index contributed by atoms with van der Waals surface area (Å²) in [5.74, 6) is 0.678. The first kappa shape index (κ1) is 11.7. The molecule has 0 unspecified atom stereocenters. The average Bonchev–Trinajstić information content (AvgIpc) is 2.09. The first-order valence-electron chi connectivity index (χ1n) is 4.13. The van der Waals surface area contributed by atoms with E-state index >= 15 is 0 Å². The number of hydrogen-bond acceptors (Lipinski definition) is 3. The van der Waals surface area contributed by atoms with Crippen LogP contribution in [0.25, 0.3) is 0 Å². The summed E-state index contributed by atoms with van der Waals surface area (Å²) in [6.45, 7) is 1.70. The normalized spacial score (nSPS) is 10.8. The number of aliphatic imine (C=N–C) groups is 1. The largest absolute Gasteiger partial charge is 0.348 e. The summed E-state index contributed by atoms with van der Waals surface area (Å²) in [5.41, 5.74) is 0. The van der Waals surface area contributed by atoms with Crippen molar-refractivity contribution in [3.05, 3.63) is 0 Å². The van der Waals surface area contributed by atoms with Crippen LogP contribution >= 0.6 is 0 Å². The second-order valence-electron chi connectivity index (χ2n) is 2.93. The van der Waals surface area contributed by atoms with E-state index in [9.17, 15) is 0 Å². The van der Waals surface area contributed by atoms with Gasteiger partial charge in [-0.15, -0.1) is 4.99 Å². The van der Waals surface area contributed by atoms with Crippen LogP contribution in [0, 0.1) is 11.5 Å². The van der Waals surface area contributed by atoms with Gasteiger partial charge in [0, 0.05) is 34.2 Å². The van der Waals surface area contributed by atoms with Crippen LogP contribution in [0.15, 0.2) is 4.99 Å². The number of nitrogens with zero attached hydrogens (tertiary/aromatic N) is 4. The summed E-state index contributed by atoms with van der Waals surface area (Å²) in [5, 5.41) is 11.5. The number of nitrogens with one attached hydrogen (secondary N) is 1. The first-order valence-corrected chi connectivity index (χ1v) is 4.13. The Morgan fingerprint density at radius 1 is 1.46 bits per heavy atom. The second-order valence-corrected chi connectivity index (χ2v) is 2.93. The Morgan fingerprint density at radius 2 is 2.08 bits per heavy atom. The van der Waals surface area contributed by atoms with Crippen LogP contribution in [0.2, 0.25) is 0 Å². The van der Waals surface area contributed by atoms with E-state index in [2.05, 4.69) is 10.3 Å². The monoisotopic (exact) mass is 183 g/mol. The van der Waals surface area contributed by atoms with Gasteiger partial charge in [0.15, 0.2) is 0 Å². The molecule has 0 spiro atoms. The number of likely N-dealkylation sites (N-methyl/N-ethyl adjacent to an activating group) is 2. The summed E-state index contributed by atoms with van der Waals surface area (Å²) in [6, 6.07) is 0. The highest BCUT2D eigenvalue weighted by molar-refractivity contribution is 5.80. The Morgan fingerprint density at radius 3 is 2.46 bits per heavy atom. The van der Waals surface area contributed by atoms with Gasteiger partial charge in [0.2, 0.25) is 12.2 Å². The van der Waals surface area contributed by atoms with Crippen LogP contribution in [0.1, 0.15) is 0 Å². The second kappa shape index (κ2) is 6.26. The summed E-state index contributed by atoms with van der Waals surface area (Å²) in [6.07, 6.45) is 1.79. The maximum Gasteiger partial charge on any atom is 0.211 e. The van der Waals surface area contributed by atoms with Gasteiger partial charge in [-0.2, -0.15) is 5.26 Å². The molecule has 0 rings (SSSR count). The minimum Gasteiger partial charge on any atom is -0.348 e. The highest BCUT2D eigenvalue weighted by atomic mass is 15.3. The molecule has 0 aliphatic rings. The van der Waals surface area contributed by atoms with E-state index in [1.165, 1.54) is 0 Å². The SMILES string of the molecule is CNCCN(C)/C(=N/C#N)N(C)C. The fraction of sp³-hybridized carbons (Fsp3) is 0.750. The first-order chi connectivity index (χ1) is 6.13. The minimum absolute atomic E-state index is 0.678. The Hall–Kier alpha value is -1.28. The van der Waals surface area contributed by atoms with Crippen molar-refractivity contribution in [2.75, 3.05) is 41.3 Å². The minimum atomic E-state index is 0.678. The van der Waals surface area contributed by atoms with Gasteiger partial charge in [-0.25, -0.2) is 0 Å². The molecule has 0 saturated carbocycles. The molecule has 0 aliphatic carbocycles. The van der Waals surface area contributed by atoms with E-state index in [0.29, 0.717) is 5.96 Å². The zero-order valence-electron chi connectivity index (χ0n) is 8.70. The molecule has 0 aromatic heterocycles. The summed E-state index contributed by atoms with van der Waals surface area (Å²) < 4.78 is 0. The maximum absolute atomic E-state index is 8.45. The zero-order valence-corrected chi connectivity index (χ0v) is 8.70. The van der Waals surface area contributed by atoms with Gasteiger partial charge in [0.05, 0.1) is 0 Å². The molecule has 5 nitrogen and oxygen atoms in total. The number of rotatable bonds is 3. The van der Waals surface area contributed by atoms with Gasteiger partial charge < -0.3 is 15.1 Å². The smallest absolute Gasteiger partial charge is 0.211 e. The molecule has 0 atom stereocenters. The predicted molar refractivity (Wildman–Crippen MR) is 53.3 cm³/mol. The molecule has 0 saturated heterocycles. The molecule has 5 heteroatoms. The molecule has 0 aromatic carbocycles. The molecular weight excluding hydrogens is 166 g/mol. The Kier molecular flexibility index (Phi) is 5.64. The van der Waals surface area contributed by atoms with Crippen molar-refractivity contribution in [3.8, 4) is 6.19 Å². The lowest BCUT2D eigenvalue weighted by Gasteiger charge is -2.25. The lowest BCUT2D eigenvalue weighted by molar-refractivity contribution is 0.422. The molecule has 0 aliphatic heterocycles. The highest BCUT2D eigenvalue weighted by Gasteiger charge is 2.07. The van der Waals surface area contributed by atoms with Crippen molar-refractivity contribution in [2.45, 2.75) is 0 Å². The van der Waals surface area contributed by atoms with Crippen LogP contribution in [0.4, 0.5) is 0 Å². The fourth-order valence-corrected chi connectivity index (χ4v) is 0.951. The molecule has 13 heavy (non-hydrogen) atoms. The Bertz CT molecular complexity index is 203. The van der Waals surface area contributed by atoms with Crippen molar-refractivity contribution in [1.82, 2.24) is 15.1 Å². The molecular formula is C8H17N5. The molecule has 0 radical (unpaired) electrons. The molecule has 0 bridgehead atoms. The van der Waals surface area contributed by atoms with Gasteiger partial charge in [0.25, 0.3) is 0 Å². The molecule has 0 amide bonds. The topological polar surface area (TPSA) is 54.7 Å². The molecule has 1 N–H and O–H groups in total. The highest BCUT2D eigenvalue weighted by Crippen LogP contribution is 1.90. The molecule has 74 valence electrons. The standard InChI is InChI=1S/C8H17N5/c1-10-5-6-13(4)8(11-7-9)12(2)3/h10H,5-6H2,1-4H3/b11-8+. The van der Waals surface area contributed by atoms with E-state index in [4.69, 9.17) is 5.26 Å². The van der Waals surface area contributed by atoms with Crippen molar-refractivity contribution < 1.29 is 0 Å². The lowest BCUT2D eigenvalue weighted by Crippen LogP contribution is -2.40. The van der Waals surface area contributed by atoms with Gasteiger partial charge in [-0.05, 0) is 7.05 Å². The van der Waals surface area contributed by atoms with E-state index in [-0.39, 0.29) is 0 Å². The van der Waals surface area contributed by atoms with Gasteiger partial charge in [-0.3, -0.25) is 0 Å². The van der Waals surface area contributed by atoms with Gasteiger partial charge >= 0.3 is 0 Å². The number of guanidine groups is 1. The lowest BCUT2D eigenvalue weighted by atomic mass is 10.5. The number of hydrogen-bond donors (Lipinski definition) is 1. The number of nitriles is 1. The van der Waals surface area contributed by atoms with Gasteiger partial charge in [0.1, 0.15) is 0 Å². The van der Waals surface area contributed by atoms with Crippen molar-refractivity contribution >= 4 is 5.96 Å². The third-order valence-electron chi connectivity index (χ3n) is 1.59. The molecule has 0 heterocycles. The van der Waals surface area contributed by atoms with Crippen LogP contribution in [-0.2, 0) is 0 Å². The van der Waals surface area contributed by atoms with Crippen LogP contribution < -0.4 is 5.32 Å². The molecule has 0 aromatic rings. The quantitative estimate of drug-likeness (QED) is 0.365. The van der Waals surface area contributed by atoms with Crippen LogP contribution in [-0.4, -0.2) is 57.0 Å². The van der Waals surface area contributed by atoms with E-state index < -0.39 is 0 Å². The predicted octanol–water partition coefficient (Wildman–Crippen LogP) is -0.464. The Labute approximate surface area is 79.7 Å². The summed E-state index contributed by atoms with van der Waals surface area (Å²) >= 11 is 0. The van der Waals surface area contributed by atoms with E-state index in [1.54, 1.807) is 6.19 Å². The zero-order chi connectivity index (χ0) is 10.3. The molecule has 0 fully saturated rings. The van der Waals surface area contributed by atoms with Crippen molar-refractivity contribution in [2.24, 2.45) is 4.99 Å². The maximum atomic E-state index is 8.45. The van der Waals surface area contributed by atoms with E-state index in [1.807, 2.05) is 38.0 Å². The Balaban J connectivity index is 4.23. The van der Waals surface area contributed by atoms with Crippen LogP contribution in [0.5, 0.6) is 0 Å². The average molecular weight is 183 g/mol. The third-order valence-corrected chi connectivity index (χ3v) is 1.59. The van der Waals surface area contributed by atoms with Crippen LogP contribution in [0.3, 0.4) is 0 Å². The van der Waals surface area contributed by atoms with Gasteiger partial charge in [-0.1, -0.05) is 0 Å². The summed E-state index contributed by atoms with van der Waals surface area (Å²) in [4.78, 5) is 7.47. The van der Waals surface area contributed by atoms with Crippen molar-refractivity contribution in [3.63, 3.8) is 0 Å². The van der Waals surface area contributed by atoms with E-state index in [0.717, 1.165) is 13.1 Å². The fourth-order valence-electron chi connectivity index (χ4n) is 0.951.